The first-order chi connectivity index (χ1) is 6.00. The molecule has 1 rings (SSSR count). The fourth-order valence-electron chi connectivity index (χ4n) is 0.855. The van der Waals surface area contributed by atoms with Gasteiger partial charge in [0.2, 0.25) is 5.91 Å². The van der Waals surface area contributed by atoms with Gasteiger partial charge in [-0.2, -0.15) is 0 Å². The molecule has 68 valence electrons. The fourth-order valence-corrected chi connectivity index (χ4v) is 0.855. The van der Waals surface area contributed by atoms with Crippen LogP contribution in [0.1, 0.15) is 20.7 Å². The number of carboxylic acid groups (broad SMARTS) is 1. The number of amides is 1. The Balaban J connectivity index is 3.26. The van der Waals surface area contributed by atoms with Gasteiger partial charge in [0.05, 0.1) is 5.56 Å². The smallest absolute Gasteiger partial charge is 0.335 e. The topological polar surface area (TPSA) is 80.4 Å². The SMILES string of the molecule is NC(=O)c1cc(F)cc(C(=O)O)c1. The largest absolute Gasteiger partial charge is 0.478 e. The molecule has 0 atom stereocenters. The van der Waals surface area contributed by atoms with Gasteiger partial charge in [0.15, 0.2) is 0 Å². The number of hydrogen-bond acceptors (Lipinski definition) is 2. The van der Waals surface area contributed by atoms with Crippen molar-refractivity contribution in [3.8, 4) is 0 Å². The van der Waals surface area contributed by atoms with Gasteiger partial charge in [0.25, 0.3) is 0 Å². The highest BCUT2D eigenvalue weighted by Gasteiger charge is 2.09. The first kappa shape index (κ1) is 9.18. The first-order valence-electron chi connectivity index (χ1n) is 3.34. The maximum Gasteiger partial charge on any atom is 0.335 e. The van der Waals surface area contributed by atoms with Gasteiger partial charge < -0.3 is 10.8 Å². The van der Waals surface area contributed by atoms with Crippen LogP contribution in [0.5, 0.6) is 0 Å². The fraction of sp³-hybridized carbons (Fsp3) is 0. The molecule has 0 aliphatic heterocycles. The van der Waals surface area contributed by atoms with Gasteiger partial charge >= 0.3 is 5.97 Å². The molecular formula is C8H6FNO3. The van der Waals surface area contributed by atoms with E-state index >= 15 is 0 Å². The molecule has 13 heavy (non-hydrogen) atoms. The molecule has 0 bridgehead atoms. The summed E-state index contributed by atoms with van der Waals surface area (Å²) in [6.45, 7) is 0. The molecule has 5 heteroatoms. The molecule has 0 saturated heterocycles. The van der Waals surface area contributed by atoms with Crippen molar-refractivity contribution in [1.82, 2.24) is 0 Å². The third kappa shape index (κ3) is 2.02. The molecule has 1 amide bonds. The van der Waals surface area contributed by atoms with Crippen molar-refractivity contribution in [3.05, 3.63) is 35.1 Å². The molecular weight excluding hydrogens is 177 g/mol. The van der Waals surface area contributed by atoms with Crippen LogP contribution in [0.2, 0.25) is 0 Å². The minimum Gasteiger partial charge on any atom is -0.478 e. The molecule has 0 fully saturated rings. The van der Waals surface area contributed by atoms with Gasteiger partial charge in [0, 0.05) is 5.56 Å². The number of carbonyl (C=O) groups is 2. The van der Waals surface area contributed by atoms with E-state index in [2.05, 4.69) is 0 Å². The van der Waals surface area contributed by atoms with Gasteiger partial charge in [-0.25, -0.2) is 9.18 Å². The predicted octanol–water partition coefficient (Wildman–Crippen LogP) is 0.623. The molecule has 0 aliphatic rings. The minimum atomic E-state index is -1.30. The maximum absolute atomic E-state index is 12.7. The van der Waals surface area contributed by atoms with E-state index in [1.54, 1.807) is 0 Å². The second-order valence-electron chi connectivity index (χ2n) is 2.40. The van der Waals surface area contributed by atoms with E-state index in [0.717, 1.165) is 18.2 Å². The number of rotatable bonds is 2. The molecule has 0 aliphatic carbocycles. The monoisotopic (exact) mass is 183 g/mol. The van der Waals surface area contributed by atoms with Gasteiger partial charge in [-0.15, -0.1) is 0 Å². The van der Waals surface area contributed by atoms with Crippen LogP contribution in [-0.4, -0.2) is 17.0 Å². The molecule has 1 aromatic rings. The number of halogens is 1. The first-order valence-corrected chi connectivity index (χ1v) is 3.34. The van der Waals surface area contributed by atoms with Crippen LogP contribution in [0.25, 0.3) is 0 Å². The van der Waals surface area contributed by atoms with Crippen LogP contribution in [0, 0.1) is 5.82 Å². The summed E-state index contributed by atoms with van der Waals surface area (Å²) in [6, 6.07) is 2.72. The number of hydrogen-bond donors (Lipinski definition) is 2. The summed E-state index contributed by atoms with van der Waals surface area (Å²) >= 11 is 0. The number of carboxylic acids is 1. The molecule has 1 aromatic carbocycles. The van der Waals surface area contributed by atoms with Gasteiger partial charge in [-0.05, 0) is 18.2 Å². The summed E-state index contributed by atoms with van der Waals surface area (Å²) in [5.41, 5.74) is 4.40. The van der Waals surface area contributed by atoms with Crippen molar-refractivity contribution in [1.29, 1.82) is 0 Å². The Bertz CT molecular complexity index is 343. The lowest BCUT2D eigenvalue weighted by molar-refractivity contribution is 0.0696. The summed E-state index contributed by atoms with van der Waals surface area (Å²) in [6.07, 6.45) is 0. The molecule has 0 aromatic heterocycles. The summed E-state index contributed by atoms with van der Waals surface area (Å²) in [4.78, 5) is 21.0. The van der Waals surface area contributed by atoms with Crippen LogP contribution in [-0.2, 0) is 0 Å². The zero-order chi connectivity index (χ0) is 10.0. The van der Waals surface area contributed by atoms with Gasteiger partial charge in [-0.3, -0.25) is 4.79 Å². The Hall–Kier alpha value is -1.91. The van der Waals surface area contributed by atoms with Gasteiger partial charge in [0.1, 0.15) is 5.82 Å². The Labute approximate surface area is 72.8 Å². The lowest BCUT2D eigenvalue weighted by Gasteiger charge is -1.98. The molecule has 0 spiro atoms. The zero-order valence-corrected chi connectivity index (χ0v) is 6.45. The van der Waals surface area contributed by atoms with E-state index in [9.17, 15) is 14.0 Å². The van der Waals surface area contributed by atoms with Crippen molar-refractivity contribution in [3.63, 3.8) is 0 Å². The highest BCUT2D eigenvalue weighted by molar-refractivity contribution is 5.96. The zero-order valence-electron chi connectivity index (χ0n) is 6.45. The molecule has 0 saturated carbocycles. The van der Waals surface area contributed by atoms with E-state index < -0.39 is 17.7 Å². The lowest BCUT2D eigenvalue weighted by atomic mass is 10.1. The predicted molar refractivity (Wildman–Crippen MR) is 41.9 cm³/mol. The van der Waals surface area contributed by atoms with E-state index in [1.165, 1.54) is 0 Å². The summed E-state index contributed by atoms with van der Waals surface area (Å²) in [7, 11) is 0. The van der Waals surface area contributed by atoms with Crippen molar-refractivity contribution in [2.24, 2.45) is 5.73 Å². The molecule has 0 unspecified atom stereocenters. The Morgan fingerprint density at radius 3 is 2.23 bits per heavy atom. The van der Waals surface area contributed by atoms with Crippen molar-refractivity contribution in [2.75, 3.05) is 0 Å². The van der Waals surface area contributed by atoms with E-state index in [-0.39, 0.29) is 11.1 Å². The van der Waals surface area contributed by atoms with Crippen molar-refractivity contribution < 1.29 is 19.1 Å². The highest BCUT2D eigenvalue weighted by atomic mass is 19.1. The quantitative estimate of drug-likeness (QED) is 0.705. The summed E-state index contributed by atoms with van der Waals surface area (Å²) < 4.78 is 12.7. The standard InChI is InChI=1S/C8H6FNO3/c9-6-2-4(7(10)11)1-5(3-6)8(12)13/h1-3H,(H2,10,11)(H,12,13). The van der Waals surface area contributed by atoms with Crippen LogP contribution >= 0.6 is 0 Å². The normalized spacial score (nSPS) is 9.62. The maximum atomic E-state index is 12.7. The van der Waals surface area contributed by atoms with Crippen LogP contribution in [0.4, 0.5) is 4.39 Å². The third-order valence-electron chi connectivity index (χ3n) is 1.43. The summed E-state index contributed by atoms with van der Waals surface area (Å²) in [5.74, 6) is -2.96. The average molecular weight is 183 g/mol. The van der Waals surface area contributed by atoms with Crippen molar-refractivity contribution in [2.45, 2.75) is 0 Å². The minimum absolute atomic E-state index is 0.155. The van der Waals surface area contributed by atoms with Crippen molar-refractivity contribution >= 4 is 11.9 Å². The van der Waals surface area contributed by atoms with Crippen LogP contribution in [0.3, 0.4) is 0 Å². The average Bonchev–Trinajstić information content (AvgIpc) is 2.03. The Kier molecular flexibility index (Phi) is 2.27. The van der Waals surface area contributed by atoms with Crippen LogP contribution in [0.15, 0.2) is 18.2 Å². The van der Waals surface area contributed by atoms with E-state index in [4.69, 9.17) is 10.8 Å². The molecule has 4 nitrogen and oxygen atoms in total. The number of primary amides is 1. The number of aromatic carboxylic acids is 1. The second kappa shape index (κ2) is 3.22. The van der Waals surface area contributed by atoms with Gasteiger partial charge in [-0.1, -0.05) is 0 Å². The lowest BCUT2D eigenvalue weighted by Crippen LogP contribution is -2.12. The highest BCUT2D eigenvalue weighted by Crippen LogP contribution is 2.08. The second-order valence-corrected chi connectivity index (χ2v) is 2.40. The Morgan fingerprint density at radius 1 is 1.23 bits per heavy atom. The molecule has 3 N–H and O–H groups in total. The van der Waals surface area contributed by atoms with E-state index in [0.29, 0.717) is 0 Å². The number of benzene rings is 1. The number of carbonyl (C=O) groups excluding carboxylic acids is 1. The van der Waals surface area contributed by atoms with E-state index in [1.807, 2.05) is 0 Å². The third-order valence-corrected chi connectivity index (χ3v) is 1.43. The summed E-state index contributed by atoms with van der Waals surface area (Å²) in [5, 5.41) is 8.50. The Morgan fingerprint density at radius 2 is 1.77 bits per heavy atom. The van der Waals surface area contributed by atoms with Crippen LogP contribution < -0.4 is 5.73 Å². The molecule has 0 heterocycles. The molecule has 0 radical (unpaired) electrons. The number of nitrogens with two attached hydrogens (primary N) is 1.